The van der Waals surface area contributed by atoms with Crippen LogP contribution in [0, 0.1) is 13.8 Å². The number of hydrogen-bond donors (Lipinski definition) is 0. The molecule has 2 nitrogen and oxygen atoms in total. The zero-order chi connectivity index (χ0) is 16.2. The molecule has 0 aliphatic heterocycles. The third kappa shape index (κ3) is 3.37. The Labute approximate surface area is 137 Å². The van der Waals surface area contributed by atoms with Gasteiger partial charge >= 0.3 is 0 Å². The van der Waals surface area contributed by atoms with Crippen LogP contribution in [0.3, 0.4) is 0 Å². The quantitative estimate of drug-likeness (QED) is 0.614. The summed E-state index contributed by atoms with van der Waals surface area (Å²) in [5.41, 5.74) is 6.03. The summed E-state index contributed by atoms with van der Waals surface area (Å²) >= 11 is 0. The molecule has 0 spiro atoms. The summed E-state index contributed by atoms with van der Waals surface area (Å²) in [6.07, 6.45) is 2.12. The van der Waals surface area contributed by atoms with Gasteiger partial charge in [0.1, 0.15) is 0 Å². The van der Waals surface area contributed by atoms with Gasteiger partial charge in [-0.1, -0.05) is 48.5 Å². The van der Waals surface area contributed by atoms with Gasteiger partial charge < -0.3 is 0 Å². The van der Waals surface area contributed by atoms with Crippen LogP contribution < -0.4 is 0 Å². The molecule has 3 aromatic rings. The molecule has 2 aromatic carbocycles. The monoisotopic (exact) mass is 302 g/mol. The Morgan fingerprint density at radius 3 is 2.22 bits per heavy atom. The second-order valence-electron chi connectivity index (χ2n) is 5.82. The topological polar surface area (TPSA) is 9.86 Å². The van der Waals surface area contributed by atoms with Gasteiger partial charge in [-0.15, -0.1) is 0 Å². The van der Waals surface area contributed by atoms with E-state index in [4.69, 9.17) is 0 Å². The van der Waals surface area contributed by atoms with Gasteiger partial charge in [0.15, 0.2) is 0 Å². The molecular weight excluding hydrogens is 280 g/mol. The summed E-state index contributed by atoms with van der Waals surface area (Å²) < 4.78 is 4.33. The highest BCUT2D eigenvalue weighted by Gasteiger charge is 2.01. The van der Waals surface area contributed by atoms with Crippen molar-refractivity contribution in [3.05, 3.63) is 90.3 Å². The third-order valence-corrected chi connectivity index (χ3v) is 4.12. The van der Waals surface area contributed by atoms with E-state index in [9.17, 15) is 0 Å². The van der Waals surface area contributed by atoms with E-state index in [1.165, 1.54) is 22.4 Å². The number of aromatic nitrogens is 2. The Morgan fingerprint density at radius 2 is 1.43 bits per heavy atom. The zero-order valence-corrected chi connectivity index (χ0v) is 13.9. The van der Waals surface area contributed by atoms with Crippen LogP contribution in [0.4, 0.5) is 0 Å². The van der Waals surface area contributed by atoms with Crippen molar-refractivity contribution in [2.24, 2.45) is 7.05 Å². The molecule has 2 heteroatoms. The first-order chi connectivity index (χ1) is 11.1. The molecule has 1 aromatic heterocycles. The van der Waals surface area contributed by atoms with Crippen molar-refractivity contribution >= 4 is 0 Å². The Morgan fingerprint density at radius 1 is 0.696 bits per heavy atom. The minimum Gasteiger partial charge on any atom is -0.289 e. The lowest BCUT2D eigenvalue weighted by Crippen LogP contribution is -2.11. The van der Waals surface area contributed by atoms with Crippen molar-refractivity contribution in [3.63, 3.8) is 0 Å². The maximum absolute atomic E-state index is 2.23. The van der Waals surface area contributed by atoms with Gasteiger partial charge in [-0.05, 0) is 54.8 Å². The molecule has 3 rings (SSSR count). The maximum atomic E-state index is 2.23. The third-order valence-electron chi connectivity index (χ3n) is 4.12. The second-order valence-corrected chi connectivity index (χ2v) is 5.82. The van der Waals surface area contributed by atoms with Crippen molar-refractivity contribution < 1.29 is 0 Å². The molecular formula is C21H22N2. The average molecular weight is 302 g/mol. The normalized spacial score (nSPS) is 10.4. The molecule has 0 unspecified atom stereocenters. The summed E-state index contributed by atoms with van der Waals surface area (Å²) in [6.45, 7) is 4.24. The molecule has 0 atom stereocenters. The Bertz CT molecular complexity index is 853. The molecule has 0 fully saturated rings. The summed E-state index contributed by atoms with van der Waals surface area (Å²) in [6, 6.07) is 25.5. The van der Waals surface area contributed by atoms with Gasteiger partial charge in [0.05, 0.1) is 5.69 Å². The molecule has 23 heavy (non-hydrogen) atoms. The van der Waals surface area contributed by atoms with E-state index in [2.05, 4.69) is 103 Å². The summed E-state index contributed by atoms with van der Waals surface area (Å²) in [4.78, 5) is 0. The SMILES string of the molecule is Cc1ccc(C)n(C)n(-c2cccc(-c3ccccc3)c2)cc1. The van der Waals surface area contributed by atoms with Crippen LogP contribution in [0.2, 0.25) is 0 Å². The lowest BCUT2D eigenvalue weighted by atomic mass is 10.1. The smallest absolute Gasteiger partial charge is 0.0631 e. The molecule has 0 saturated carbocycles. The van der Waals surface area contributed by atoms with Crippen LogP contribution in [-0.4, -0.2) is 9.36 Å². The average Bonchev–Trinajstić information content (AvgIpc) is 2.60. The predicted octanol–water partition coefficient (Wildman–Crippen LogP) is 5.22. The van der Waals surface area contributed by atoms with Crippen LogP contribution in [0.15, 0.2) is 79.0 Å². The first-order valence-corrected chi connectivity index (χ1v) is 7.87. The fraction of sp³-hybridized carbons (Fsp3) is 0.143. The van der Waals surface area contributed by atoms with Crippen molar-refractivity contribution in [1.29, 1.82) is 0 Å². The van der Waals surface area contributed by atoms with E-state index >= 15 is 0 Å². The number of hydrogen-bond acceptors (Lipinski definition) is 0. The molecule has 0 saturated heterocycles. The molecule has 116 valence electrons. The van der Waals surface area contributed by atoms with E-state index in [0.29, 0.717) is 0 Å². The Balaban J connectivity index is 2.17. The predicted molar refractivity (Wildman–Crippen MR) is 97.3 cm³/mol. The minimum absolute atomic E-state index is 1.15. The molecule has 0 aliphatic carbocycles. The van der Waals surface area contributed by atoms with Crippen molar-refractivity contribution in [1.82, 2.24) is 9.36 Å². The van der Waals surface area contributed by atoms with Gasteiger partial charge in [0.2, 0.25) is 0 Å². The van der Waals surface area contributed by atoms with E-state index < -0.39 is 0 Å². The number of rotatable bonds is 2. The molecule has 0 N–H and O–H groups in total. The lowest BCUT2D eigenvalue weighted by Gasteiger charge is -2.16. The van der Waals surface area contributed by atoms with E-state index in [0.717, 1.165) is 5.69 Å². The Hall–Kier alpha value is -2.74. The zero-order valence-electron chi connectivity index (χ0n) is 13.9. The van der Waals surface area contributed by atoms with Crippen molar-refractivity contribution in [2.75, 3.05) is 0 Å². The number of nitrogens with zero attached hydrogens (tertiary/aromatic N) is 2. The van der Waals surface area contributed by atoms with Crippen LogP contribution >= 0.6 is 0 Å². The molecule has 0 amide bonds. The van der Waals surface area contributed by atoms with Crippen molar-refractivity contribution in [3.8, 4) is 16.8 Å². The van der Waals surface area contributed by atoms with E-state index in [1.54, 1.807) is 0 Å². The maximum Gasteiger partial charge on any atom is 0.0631 e. The van der Waals surface area contributed by atoms with Crippen molar-refractivity contribution in [2.45, 2.75) is 13.8 Å². The highest BCUT2D eigenvalue weighted by atomic mass is 15.4. The lowest BCUT2D eigenvalue weighted by molar-refractivity contribution is 0.619. The van der Waals surface area contributed by atoms with Gasteiger partial charge in [0, 0.05) is 18.9 Å². The van der Waals surface area contributed by atoms with Crippen LogP contribution in [-0.2, 0) is 7.05 Å². The second kappa shape index (κ2) is 6.57. The van der Waals surface area contributed by atoms with E-state index in [-0.39, 0.29) is 0 Å². The molecule has 0 aliphatic rings. The first kappa shape index (κ1) is 15.2. The van der Waals surface area contributed by atoms with Gasteiger partial charge in [0.25, 0.3) is 0 Å². The molecule has 1 heterocycles. The number of benzene rings is 2. The molecule has 0 bridgehead atoms. The fourth-order valence-corrected chi connectivity index (χ4v) is 2.59. The molecule has 0 radical (unpaired) electrons. The summed E-state index contributed by atoms with van der Waals surface area (Å²) in [7, 11) is 2.08. The van der Waals surface area contributed by atoms with Crippen LogP contribution in [0.5, 0.6) is 0 Å². The van der Waals surface area contributed by atoms with Gasteiger partial charge in [-0.2, -0.15) is 0 Å². The van der Waals surface area contributed by atoms with Crippen LogP contribution in [0.25, 0.3) is 16.8 Å². The standard InChI is InChI=1S/C21H22N2/c1-17-12-13-18(2)22(3)23(15-14-17)21-11-7-10-20(16-21)19-8-5-4-6-9-19/h4-16H,1-3H3. The van der Waals surface area contributed by atoms with E-state index in [1.807, 2.05) is 6.07 Å². The summed E-state index contributed by atoms with van der Waals surface area (Å²) in [5, 5.41) is 0. The largest absolute Gasteiger partial charge is 0.289 e. The first-order valence-electron chi connectivity index (χ1n) is 7.87. The van der Waals surface area contributed by atoms with Gasteiger partial charge in [-0.25, -0.2) is 0 Å². The highest BCUT2D eigenvalue weighted by Crippen LogP contribution is 2.21. The highest BCUT2D eigenvalue weighted by molar-refractivity contribution is 5.65. The summed E-state index contributed by atoms with van der Waals surface area (Å²) in [5.74, 6) is 0. The van der Waals surface area contributed by atoms with Gasteiger partial charge in [-0.3, -0.25) is 9.36 Å². The Kier molecular flexibility index (Phi) is 4.33. The fourth-order valence-electron chi connectivity index (χ4n) is 2.59. The van der Waals surface area contributed by atoms with Crippen LogP contribution in [0.1, 0.15) is 11.3 Å². The number of aryl methyl sites for hydroxylation is 2. The minimum atomic E-state index is 1.15.